The van der Waals surface area contributed by atoms with Gasteiger partial charge in [-0.25, -0.2) is 4.68 Å². The molecule has 1 saturated heterocycles. The summed E-state index contributed by atoms with van der Waals surface area (Å²) in [6.07, 6.45) is 6.56. The van der Waals surface area contributed by atoms with Gasteiger partial charge in [-0.15, -0.1) is 0 Å². The number of carbonyl (C=O) groups excluding carboxylic acids is 2. The Morgan fingerprint density at radius 3 is 2.82 bits per heavy atom. The van der Waals surface area contributed by atoms with Crippen molar-refractivity contribution in [2.75, 3.05) is 11.9 Å². The van der Waals surface area contributed by atoms with E-state index in [1.165, 1.54) is 0 Å². The van der Waals surface area contributed by atoms with Gasteiger partial charge in [-0.1, -0.05) is 6.07 Å². The molecule has 1 fully saturated rings. The van der Waals surface area contributed by atoms with Crippen molar-refractivity contribution in [3.8, 4) is 5.69 Å². The lowest BCUT2D eigenvalue weighted by atomic mass is 10.1. The second kappa shape index (κ2) is 7.64. The Morgan fingerprint density at radius 2 is 2.07 bits per heavy atom. The van der Waals surface area contributed by atoms with Crippen molar-refractivity contribution in [2.24, 2.45) is 0 Å². The number of pyridine rings is 1. The second-order valence-corrected chi connectivity index (χ2v) is 6.84. The number of carbonyl (C=O) groups is 2. The number of nitrogens with zero attached hydrogens (tertiary/aromatic N) is 4. The minimum atomic E-state index is -0.484. The van der Waals surface area contributed by atoms with Crippen molar-refractivity contribution >= 4 is 17.5 Å². The van der Waals surface area contributed by atoms with Crippen molar-refractivity contribution in [1.82, 2.24) is 19.7 Å². The van der Waals surface area contributed by atoms with E-state index in [9.17, 15) is 9.59 Å². The van der Waals surface area contributed by atoms with Crippen LogP contribution in [0.1, 0.15) is 28.9 Å². The van der Waals surface area contributed by atoms with Gasteiger partial charge in [-0.05, 0) is 56.2 Å². The number of aromatic nitrogens is 3. The SMILES string of the molecule is Cc1ccc(C(=O)N2CCC[C@H]2C(=O)Nc2cccc(-n3cccn3)c2)cn1. The molecular weight excluding hydrogens is 354 g/mol. The van der Waals surface area contributed by atoms with Gasteiger partial charge >= 0.3 is 0 Å². The predicted molar refractivity (Wildman–Crippen MR) is 105 cm³/mol. The third-order valence-electron chi connectivity index (χ3n) is 4.86. The van der Waals surface area contributed by atoms with Crippen molar-refractivity contribution in [2.45, 2.75) is 25.8 Å². The molecule has 1 atom stereocenters. The van der Waals surface area contributed by atoms with Crippen molar-refractivity contribution < 1.29 is 9.59 Å². The summed E-state index contributed by atoms with van der Waals surface area (Å²) in [5, 5.41) is 7.15. The van der Waals surface area contributed by atoms with E-state index in [-0.39, 0.29) is 11.8 Å². The highest BCUT2D eigenvalue weighted by atomic mass is 16.2. The van der Waals surface area contributed by atoms with Gasteiger partial charge in [0.15, 0.2) is 0 Å². The zero-order valence-corrected chi connectivity index (χ0v) is 15.6. The molecular formula is C21H21N5O2. The molecule has 142 valence electrons. The summed E-state index contributed by atoms with van der Waals surface area (Å²) in [5.41, 5.74) is 2.89. The van der Waals surface area contributed by atoms with E-state index in [0.717, 1.165) is 17.8 Å². The van der Waals surface area contributed by atoms with Crippen LogP contribution in [0.25, 0.3) is 5.69 Å². The lowest BCUT2D eigenvalue weighted by molar-refractivity contribution is -0.119. The first kappa shape index (κ1) is 17.9. The second-order valence-electron chi connectivity index (χ2n) is 6.84. The zero-order chi connectivity index (χ0) is 19.5. The average Bonchev–Trinajstić information content (AvgIpc) is 3.40. The molecule has 1 aliphatic heterocycles. The quantitative estimate of drug-likeness (QED) is 0.760. The summed E-state index contributed by atoms with van der Waals surface area (Å²) >= 11 is 0. The van der Waals surface area contributed by atoms with Crippen LogP contribution in [0.15, 0.2) is 61.1 Å². The van der Waals surface area contributed by atoms with Crippen LogP contribution in [0.3, 0.4) is 0 Å². The molecule has 0 bridgehead atoms. The van der Waals surface area contributed by atoms with Crippen molar-refractivity contribution in [1.29, 1.82) is 0 Å². The first-order valence-electron chi connectivity index (χ1n) is 9.26. The van der Waals surface area contributed by atoms with E-state index in [2.05, 4.69) is 15.4 Å². The summed E-state index contributed by atoms with van der Waals surface area (Å²) in [6.45, 7) is 2.44. The number of benzene rings is 1. The number of nitrogens with one attached hydrogen (secondary N) is 1. The highest BCUT2D eigenvalue weighted by Gasteiger charge is 2.34. The van der Waals surface area contributed by atoms with Gasteiger partial charge in [0.25, 0.3) is 5.91 Å². The van der Waals surface area contributed by atoms with Crippen LogP contribution in [0.2, 0.25) is 0 Å². The van der Waals surface area contributed by atoms with Crippen molar-refractivity contribution in [3.05, 3.63) is 72.3 Å². The summed E-state index contributed by atoms with van der Waals surface area (Å²) in [5.74, 6) is -0.334. The lowest BCUT2D eigenvalue weighted by Crippen LogP contribution is -2.43. The Kier molecular flexibility index (Phi) is 4.89. The maximum Gasteiger partial charge on any atom is 0.256 e. The molecule has 4 rings (SSSR count). The monoisotopic (exact) mass is 375 g/mol. The number of anilines is 1. The molecule has 7 heteroatoms. The smallest absolute Gasteiger partial charge is 0.256 e. The molecule has 1 aromatic carbocycles. The molecule has 3 aromatic rings. The predicted octanol–water partition coefficient (Wildman–Crippen LogP) is 2.82. The fraction of sp³-hybridized carbons (Fsp3) is 0.238. The van der Waals surface area contributed by atoms with Crippen LogP contribution in [0.4, 0.5) is 5.69 Å². The molecule has 0 saturated carbocycles. The van der Waals surface area contributed by atoms with Gasteiger partial charge < -0.3 is 10.2 Å². The van der Waals surface area contributed by atoms with Crippen LogP contribution in [0.5, 0.6) is 0 Å². The largest absolute Gasteiger partial charge is 0.327 e. The van der Waals surface area contributed by atoms with Crippen LogP contribution >= 0.6 is 0 Å². The number of hydrogen-bond donors (Lipinski definition) is 1. The molecule has 3 heterocycles. The molecule has 0 unspecified atom stereocenters. The van der Waals surface area contributed by atoms with E-state index in [1.807, 2.05) is 43.5 Å². The molecule has 1 aliphatic rings. The number of amides is 2. The van der Waals surface area contributed by atoms with Gasteiger partial charge in [0, 0.05) is 36.5 Å². The molecule has 0 aliphatic carbocycles. The Balaban J connectivity index is 1.49. The fourth-order valence-electron chi connectivity index (χ4n) is 3.42. The summed E-state index contributed by atoms with van der Waals surface area (Å²) in [4.78, 5) is 31.5. The number of hydrogen-bond acceptors (Lipinski definition) is 4. The highest BCUT2D eigenvalue weighted by molar-refractivity contribution is 6.01. The minimum Gasteiger partial charge on any atom is -0.327 e. The lowest BCUT2D eigenvalue weighted by Gasteiger charge is -2.24. The molecule has 0 spiro atoms. The van der Waals surface area contributed by atoms with E-state index in [1.54, 1.807) is 34.1 Å². The zero-order valence-electron chi connectivity index (χ0n) is 15.6. The highest BCUT2D eigenvalue weighted by Crippen LogP contribution is 2.22. The normalized spacial score (nSPS) is 16.2. The first-order valence-corrected chi connectivity index (χ1v) is 9.26. The third-order valence-corrected chi connectivity index (χ3v) is 4.86. The Hall–Kier alpha value is -3.48. The van der Waals surface area contributed by atoms with Crippen LogP contribution in [-0.2, 0) is 4.79 Å². The topological polar surface area (TPSA) is 80.1 Å². The average molecular weight is 375 g/mol. The minimum absolute atomic E-state index is 0.157. The van der Waals surface area contributed by atoms with Crippen LogP contribution < -0.4 is 5.32 Å². The standard InChI is InChI=1S/C21H21N5O2/c1-15-8-9-16(14-22-15)21(28)25-11-3-7-19(25)20(27)24-17-5-2-6-18(13-17)26-12-4-10-23-26/h2,4-6,8-10,12-14,19H,3,7,11H2,1H3,(H,24,27)/t19-/m0/s1. The van der Waals surface area contributed by atoms with E-state index in [0.29, 0.717) is 24.2 Å². The molecule has 2 aromatic heterocycles. The van der Waals surface area contributed by atoms with Crippen LogP contribution in [-0.4, -0.2) is 44.1 Å². The van der Waals surface area contributed by atoms with E-state index >= 15 is 0 Å². The van der Waals surface area contributed by atoms with Gasteiger partial charge in [-0.2, -0.15) is 5.10 Å². The third kappa shape index (κ3) is 3.64. The Morgan fingerprint density at radius 1 is 1.18 bits per heavy atom. The van der Waals surface area contributed by atoms with E-state index in [4.69, 9.17) is 0 Å². The first-order chi connectivity index (χ1) is 13.6. The molecule has 0 radical (unpaired) electrons. The maximum absolute atomic E-state index is 12.9. The van der Waals surface area contributed by atoms with E-state index < -0.39 is 6.04 Å². The maximum atomic E-state index is 12.9. The van der Waals surface area contributed by atoms with Gasteiger partial charge in [0.2, 0.25) is 5.91 Å². The van der Waals surface area contributed by atoms with Crippen LogP contribution in [0, 0.1) is 6.92 Å². The molecule has 28 heavy (non-hydrogen) atoms. The molecule has 1 N–H and O–H groups in total. The summed E-state index contributed by atoms with van der Waals surface area (Å²) < 4.78 is 1.73. The van der Waals surface area contributed by atoms with Gasteiger partial charge in [0.1, 0.15) is 6.04 Å². The Bertz CT molecular complexity index is 982. The van der Waals surface area contributed by atoms with Crippen molar-refractivity contribution in [3.63, 3.8) is 0 Å². The number of likely N-dealkylation sites (tertiary alicyclic amines) is 1. The number of rotatable bonds is 4. The summed E-state index contributed by atoms with van der Waals surface area (Å²) in [6, 6.07) is 12.4. The molecule has 7 nitrogen and oxygen atoms in total. The molecule has 2 amide bonds. The number of aryl methyl sites for hydroxylation is 1. The van der Waals surface area contributed by atoms with Gasteiger partial charge in [-0.3, -0.25) is 14.6 Å². The fourth-order valence-corrected chi connectivity index (χ4v) is 3.42. The van der Waals surface area contributed by atoms with Gasteiger partial charge in [0.05, 0.1) is 11.3 Å². The summed E-state index contributed by atoms with van der Waals surface area (Å²) in [7, 11) is 0. The Labute approximate surface area is 163 Å².